The summed E-state index contributed by atoms with van der Waals surface area (Å²) in [5.41, 5.74) is 7.46. The Balaban J connectivity index is 0.000000202. The van der Waals surface area contributed by atoms with Gasteiger partial charge in [-0.1, -0.05) is 127 Å². The smallest absolute Gasteiger partial charge is 0.00484 e. The molecule has 0 heterocycles. The molecule has 1 heteroatoms. The molecule has 3 aromatic rings. The van der Waals surface area contributed by atoms with E-state index in [-0.39, 0.29) is 0 Å². The molecule has 0 aliphatic carbocycles. The van der Waals surface area contributed by atoms with E-state index in [0.717, 1.165) is 11.1 Å². The lowest BCUT2D eigenvalue weighted by Crippen LogP contribution is -1.72. The standard InChI is InChI=1S/2C9H10.C8H7Cl/c1-8(2)9-6-4-3-5-7-9;1-3-9-6-4-8(2)5-7-9;9-7-6-8-4-2-1-3-5-8/h2*3-7H,1H2,2H3;1-7H. The van der Waals surface area contributed by atoms with Crippen LogP contribution in [-0.2, 0) is 0 Å². The highest BCUT2D eigenvalue weighted by Gasteiger charge is 1.86. The Labute approximate surface area is 169 Å². The molecule has 0 atom stereocenters. The van der Waals surface area contributed by atoms with Crippen molar-refractivity contribution < 1.29 is 0 Å². The molecule has 0 aliphatic rings. The van der Waals surface area contributed by atoms with Crippen LogP contribution in [0.3, 0.4) is 0 Å². The van der Waals surface area contributed by atoms with Gasteiger partial charge < -0.3 is 0 Å². The predicted molar refractivity (Wildman–Crippen MR) is 124 cm³/mol. The van der Waals surface area contributed by atoms with Crippen LogP contribution >= 0.6 is 11.6 Å². The van der Waals surface area contributed by atoms with Gasteiger partial charge in [-0.2, -0.15) is 0 Å². The molecule has 0 bridgehead atoms. The van der Waals surface area contributed by atoms with Gasteiger partial charge in [-0.3, -0.25) is 0 Å². The van der Waals surface area contributed by atoms with Crippen LogP contribution < -0.4 is 0 Å². The fourth-order valence-corrected chi connectivity index (χ4v) is 2.21. The summed E-state index contributed by atoms with van der Waals surface area (Å²) in [6.45, 7) is 11.6. The van der Waals surface area contributed by atoms with E-state index in [2.05, 4.69) is 56.5 Å². The summed E-state index contributed by atoms with van der Waals surface area (Å²) in [4.78, 5) is 0. The van der Waals surface area contributed by atoms with Crippen LogP contribution in [0.25, 0.3) is 17.7 Å². The Morgan fingerprint density at radius 1 is 0.778 bits per heavy atom. The first-order valence-electron chi connectivity index (χ1n) is 8.78. The molecule has 0 nitrogen and oxygen atoms in total. The second kappa shape index (κ2) is 13.4. The van der Waals surface area contributed by atoms with E-state index in [9.17, 15) is 0 Å². The highest BCUT2D eigenvalue weighted by Crippen LogP contribution is 2.08. The number of halogens is 1. The second-order valence-corrected chi connectivity index (χ2v) is 6.22. The number of allylic oxidation sites excluding steroid dienone is 1. The fourth-order valence-electron chi connectivity index (χ4n) is 2.06. The van der Waals surface area contributed by atoms with Crippen molar-refractivity contribution in [3.8, 4) is 0 Å². The number of benzene rings is 3. The van der Waals surface area contributed by atoms with Gasteiger partial charge in [0, 0.05) is 5.54 Å². The lowest BCUT2D eigenvalue weighted by atomic mass is 10.1. The second-order valence-electron chi connectivity index (χ2n) is 5.96. The number of rotatable bonds is 3. The molecule has 0 aromatic heterocycles. The largest absolute Gasteiger partial charge is 0.0985 e. The van der Waals surface area contributed by atoms with Crippen molar-refractivity contribution in [3.63, 3.8) is 0 Å². The van der Waals surface area contributed by atoms with Gasteiger partial charge in [0.25, 0.3) is 0 Å². The van der Waals surface area contributed by atoms with E-state index >= 15 is 0 Å². The van der Waals surface area contributed by atoms with Crippen molar-refractivity contribution in [2.75, 3.05) is 0 Å². The Hall–Kier alpha value is -2.83. The van der Waals surface area contributed by atoms with E-state index in [1.165, 1.54) is 22.2 Å². The zero-order chi connectivity index (χ0) is 19.9. The summed E-state index contributed by atoms with van der Waals surface area (Å²) in [6, 6.07) is 28.4. The van der Waals surface area contributed by atoms with E-state index in [0.29, 0.717) is 0 Å². The average molecular weight is 375 g/mol. The third-order valence-electron chi connectivity index (χ3n) is 3.63. The van der Waals surface area contributed by atoms with Crippen LogP contribution in [0.4, 0.5) is 0 Å². The molecule has 3 rings (SSSR count). The first kappa shape index (κ1) is 22.2. The summed E-state index contributed by atoms with van der Waals surface area (Å²) >= 11 is 5.36. The lowest BCUT2D eigenvalue weighted by Gasteiger charge is -1.94. The number of hydrogen-bond acceptors (Lipinski definition) is 0. The quantitative estimate of drug-likeness (QED) is 0.432. The monoisotopic (exact) mass is 374 g/mol. The summed E-state index contributed by atoms with van der Waals surface area (Å²) in [5, 5.41) is 0. The molecule has 0 spiro atoms. The molecular weight excluding hydrogens is 348 g/mol. The minimum Gasteiger partial charge on any atom is -0.0985 e. The van der Waals surface area contributed by atoms with E-state index in [4.69, 9.17) is 11.6 Å². The lowest BCUT2D eigenvalue weighted by molar-refractivity contribution is 1.46. The van der Waals surface area contributed by atoms with Crippen LogP contribution in [0.15, 0.2) is 104 Å². The average Bonchev–Trinajstić information content (AvgIpc) is 2.71. The molecule has 0 amide bonds. The van der Waals surface area contributed by atoms with Crippen molar-refractivity contribution in [2.45, 2.75) is 13.8 Å². The Morgan fingerprint density at radius 3 is 1.70 bits per heavy atom. The zero-order valence-corrected chi connectivity index (χ0v) is 16.9. The van der Waals surface area contributed by atoms with Gasteiger partial charge in [-0.05, 0) is 36.6 Å². The Morgan fingerprint density at radius 2 is 1.30 bits per heavy atom. The van der Waals surface area contributed by atoms with Gasteiger partial charge in [0.15, 0.2) is 0 Å². The third kappa shape index (κ3) is 10.0. The van der Waals surface area contributed by atoms with Gasteiger partial charge in [0.2, 0.25) is 0 Å². The molecule has 0 aliphatic heterocycles. The van der Waals surface area contributed by atoms with Crippen molar-refractivity contribution >= 4 is 29.3 Å². The topological polar surface area (TPSA) is 0 Å². The molecule has 3 aromatic carbocycles. The first-order valence-corrected chi connectivity index (χ1v) is 9.22. The van der Waals surface area contributed by atoms with Crippen LogP contribution in [0.1, 0.15) is 29.2 Å². The summed E-state index contributed by atoms with van der Waals surface area (Å²) in [6.07, 6.45) is 3.70. The summed E-state index contributed by atoms with van der Waals surface area (Å²) < 4.78 is 0. The van der Waals surface area contributed by atoms with Crippen molar-refractivity contribution in [3.05, 3.63) is 126 Å². The van der Waals surface area contributed by atoms with Crippen molar-refractivity contribution in [1.29, 1.82) is 0 Å². The van der Waals surface area contributed by atoms with Gasteiger partial charge >= 0.3 is 0 Å². The van der Waals surface area contributed by atoms with E-state index in [1.807, 2.05) is 67.6 Å². The molecule has 0 unspecified atom stereocenters. The molecular formula is C26H27Cl. The maximum atomic E-state index is 5.36. The molecule has 0 radical (unpaired) electrons. The van der Waals surface area contributed by atoms with Gasteiger partial charge in [0.1, 0.15) is 0 Å². The minimum absolute atomic E-state index is 1.12. The number of hydrogen-bond donors (Lipinski definition) is 0. The molecule has 138 valence electrons. The number of aryl methyl sites for hydroxylation is 1. The highest BCUT2D eigenvalue weighted by atomic mass is 35.5. The van der Waals surface area contributed by atoms with Gasteiger partial charge in [0.05, 0.1) is 0 Å². The van der Waals surface area contributed by atoms with E-state index in [1.54, 1.807) is 0 Å². The molecule has 0 saturated heterocycles. The Bertz CT molecular complexity index is 813. The molecule has 0 fully saturated rings. The minimum atomic E-state index is 1.12. The van der Waals surface area contributed by atoms with E-state index < -0.39 is 0 Å². The van der Waals surface area contributed by atoms with Crippen molar-refractivity contribution in [1.82, 2.24) is 0 Å². The Kier molecular flexibility index (Phi) is 11.0. The SMILES string of the molecule is C=C(C)c1ccccc1.C=Cc1ccc(C)cc1.ClC=Cc1ccccc1. The molecule has 0 saturated carbocycles. The normalized spacial score (nSPS) is 9.44. The zero-order valence-electron chi connectivity index (χ0n) is 16.1. The van der Waals surface area contributed by atoms with Gasteiger partial charge in [-0.25, -0.2) is 0 Å². The maximum Gasteiger partial charge on any atom is 0.00484 e. The van der Waals surface area contributed by atoms with Crippen LogP contribution in [-0.4, -0.2) is 0 Å². The maximum absolute atomic E-state index is 5.36. The first-order chi connectivity index (χ1) is 13.1. The molecule has 0 N–H and O–H groups in total. The van der Waals surface area contributed by atoms with Crippen LogP contribution in [0, 0.1) is 6.92 Å². The summed E-state index contributed by atoms with van der Waals surface area (Å²) in [5.74, 6) is 0. The van der Waals surface area contributed by atoms with Gasteiger partial charge in [-0.15, -0.1) is 0 Å². The highest BCUT2D eigenvalue weighted by molar-refractivity contribution is 6.27. The van der Waals surface area contributed by atoms with Crippen LogP contribution in [0.5, 0.6) is 0 Å². The predicted octanol–water partition coefficient (Wildman–Crippen LogP) is 8.25. The third-order valence-corrected chi connectivity index (χ3v) is 3.76. The van der Waals surface area contributed by atoms with Crippen molar-refractivity contribution in [2.24, 2.45) is 0 Å². The van der Waals surface area contributed by atoms with Crippen LogP contribution in [0.2, 0.25) is 0 Å². The summed E-state index contributed by atoms with van der Waals surface area (Å²) in [7, 11) is 0. The fraction of sp³-hybridized carbons (Fsp3) is 0.0769. The molecule has 27 heavy (non-hydrogen) atoms.